The van der Waals surface area contributed by atoms with Crippen molar-refractivity contribution in [2.75, 3.05) is 6.54 Å². The number of nitro groups is 1. The molecule has 0 aliphatic carbocycles. The SMILES string of the molecule is CCNC(=O)[C@H](C)Oc1ccccc1[N+](=O)[O-]. The Morgan fingerprint density at radius 3 is 2.76 bits per heavy atom. The minimum atomic E-state index is -0.768. The number of amides is 1. The van der Waals surface area contributed by atoms with E-state index in [1.807, 2.05) is 0 Å². The average Bonchev–Trinajstić information content (AvgIpc) is 2.29. The van der Waals surface area contributed by atoms with Gasteiger partial charge in [-0.1, -0.05) is 12.1 Å². The predicted octanol–water partition coefficient (Wildman–Crippen LogP) is 1.50. The number of carbonyl (C=O) groups excluding carboxylic acids is 1. The van der Waals surface area contributed by atoms with Crippen LogP contribution in [0, 0.1) is 10.1 Å². The zero-order chi connectivity index (χ0) is 12.8. The van der Waals surface area contributed by atoms with Crippen LogP contribution in [0.3, 0.4) is 0 Å². The van der Waals surface area contributed by atoms with Gasteiger partial charge in [0.2, 0.25) is 0 Å². The van der Waals surface area contributed by atoms with Gasteiger partial charge in [-0.3, -0.25) is 14.9 Å². The summed E-state index contributed by atoms with van der Waals surface area (Å²) < 4.78 is 5.27. The molecule has 0 bridgehead atoms. The number of hydrogen-bond acceptors (Lipinski definition) is 4. The highest BCUT2D eigenvalue weighted by molar-refractivity contribution is 5.80. The Labute approximate surface area is 98.7 Å². The van der Waals surface area contributed by atoms with Gasteiger partial charge in [0.1, 0.15) is 0 Å². The van der Waals surface area contributed by atoms with Crippen LogP contribution in [0.2, 0.25) is 0 Å². The van der Waals surface area contributed by atoms with E-state index in [0.29, 0.717) is 6.54 Å². The molecule has 0 saturated heterocycles. The fourth-order valence-corrected chi connectivity index (χ4v) is 1.27. The summed E-state index contributed by atoms with van der Waals surface area (Å²) in [6.45, 7) is 3.82. The van der Waals surface area contributed by atoms with Gasteiger partial charge >= 0.3 is 5.69 Å². The van der Waals surface area contributed by atoms with E-state index in [0.717, 1.165) is 0 Å². The highest BCUT2D eigenvalue weighted by Gasteiger charge is 2.19. The first-order valence-corrected chi connectivity index (χ1v) is 5.24. The zero-order valence-electron chi connectivity index (χ0n) is 9.67. The molecule has 1 aromatic rings. The third-order valence-electron chi connectivity index (χ3n) is 2.09. The molecule has 1 N–H and O–H groups in total. The van der Waals surface area contributed by atoms with Crippen molar-refractivity contribution >= 4 is 11.6 Å². The van der Waals surface area contributed by atoms with E-state index < -0.39 is 11.0 Å². The summed E-state index contributed by atoms with van der Waals surface area (Å²) in [5.74, 6) is -0.207. The summed E-state index contributed by atoms with van der Waals surface area (Å²) in [4.78, 5) is 21.6. The quantitative estimate of drug-likeness (QED) is 0.622. The Bertz CT molecular complexity index is 420. The third kappa shape index (κ3) is 3.44. The molecular formula is C11H14N2O4. The molecule has 0 unspecified atom stereocenters. The van der Waals surface area contributed by atoms with E-state index in [2.05, 4.69) is 5.32 Å². The fourth-order valence-electron chi connectivity index (χ4n) is 1.27. The molecule has 6 heteroatoms. The molecule has 92 valence electrons. The van der Waals surface area contributed by atoms with Crippen LogP contribution in [0.4, 0.5) is 5.69 Å². The molecule has 0 radical (unpaired) electrons. The number of ether oxygens (including phenoxy) is 1. The van der Waals surface area contributed by atoms with Crippen molar-refractivity contribution in [1.82, 2.24) is 5.32 Å². The number of nitro benzene ring substituents is 1. The minimum Gasteiger partial charge on any atom is -0.474 e. The molecule has 6 nitrogen and oxygen atoms in total. The summed E-state index contributed by atoms with van der Waals surface area (Å²) in [5.41, 5.74) is -0.149. The Hall–Kier alpha value is -2.11. The van der Waals surface area contributed by atoms with Crippen molar-refractivity contribution in [3.8, 4) is 5.75 Å². The van der Waals surface area contributed by atoms with E-state index in [4.69, 9.17) is 4.74 Å². The van der Waals surface area contributed by atoms with Gasteiger partial charge in [0, 0.05) is 12.6 Å². The van der Waals surface area contributed by atoms with Crippen LogP contribution >= 0.6 is 0 Å². The molecule has 0 aliphatic heterocycles. The van der Waals surface area contributed by atoms with Crippen molar-refractivity contribution < 1.29 is 14.5 Å². The Morgan fingerprint density at radius 1 is 1.53 bits per heavy atom. The molecule has 0 spiro atoms. The standard InChI is InChI=1S/C11H14N2O4/c1-3-12-11(14)8(2)17-10-7-5-4-6-9(10)13(15)16/h4-8H,3H2,1-2H3,(H,12,14)/t8-/m0/s1. The normalized spacial score (nSPS) is 11.6. The molecule has 1 atom stereocenters. The third-order valence-corrected chi connectivity index (χ3v) is 2.09. The maximum Gasteiger partial charge on any atom is 0.310 e. The molecule has 0 heterocycles. The second-order valence-corrected chi connectivity index (χ2v) is 3.38. The van der Waals surface area contributed by atoms with E-state index in [9.17, 15) is 14.9 Å². The zero-order valence-corrected chi connectivity index (χ0v) is 9.67. The van der Waals surface area contributed by atoms with Crippen molar-refractivity contribution in [3.05, 3.63) is 34.4 Å². The van der Waals surface area contributed by atoms with Gasteiger partial charge in [0.25, 0.3) is 5.91 Å². The van der Waals surface area contributed by atoms with Crippen molar-refractivity contribution in [2.24, 2.45) is 0 Å². The first-order valence-electron chi connectivity index (χ1n) is 5.24. The van der Waals surface area contributed by atoms with Gasteiger partial charge in [-0.25, -0.2) is 0 Å². The van der Waals surface area contributed by atoms with Crippen LogP contribution in [0.15, 0.2) is 24.3 Å². The first kappa shape index (κ1) is 13.0. The number of rotatable bonds is 5. The lowest BCUT2D eigenvalue weighted by Crippen LogP contribution is -2.36. The van der Waals surface area contributed by atoms with Crippen LogP contribution in [0.1, 0.15) is 13.8 Å². The smallest absolute Gasteiger partial charge is 0.310 e. The highest BCUT2D eigenvalue weighted by Crippen LogP contribution is 2.26. The number of benzene rings is 1. The topological polar surface area (TPSA) is 81.5 Å². The maximum atomic E-state index is 11.4. The van der Waals surface area contributed by atoms with E-state index in [-0.39, 0.29) is 17.3 Å². The van der Waals surface area contributed by atoms with E-state index in [1.165, 1.54) is 12.1 Å². The van der Waals surface area contributed by atoms with E-state index >= 15 is 0 Å². The van der Waals surface area contributed by atoms with Gasteiger partial charge in [-0.2, -0.15) is 0 Å². The van der Waals surface area contributed by atoms with E-state index in [1.54, 1.807) is 26.0 Å². The molecule has 17 heavy (non-hydrogen) atoms. The Balaban J connectivity index is 2.81. The van der Waals surface area contributed by atoms with Crippen LogP contribution in [0.5, 0.6) is 5.75 Å². The van der Waals surface area contributed by atoms with Crippen molar-refractivity contribution in [1.29, 1.82) is 0 Å². The fraction of sp³-hybridized carbons (Fsp3) is 0.364. The summed E-state index contributed by atoms with van der Waals surface area (Å²) in [7, 11) is 0. The van der Waals surface area contributed by atoms with Crippen LogP contribution < -0.4 is 10.1 Å². The molecule has 1 aromatic carbocycles. The Kier molecular flexibility index (Phi) is 4.45. The molecule has 0 aromatic heterocycles. The lowest BCUT2D eigenvalue weighted by Gasteiger charge is -2.13. The van der Waals surface area contributed by atoms with Crippen LogP contribution in [-0.4, -0.2) is 23.5 Å². The number of hydrogen-bond donors (Lipinski definition) is 1. The molecule has 0 saturated carbocycles. The second kappa shape index (κ2) is 5.83. The largest absolute Gasteiger partial charge is 0.474 e. The number of carbonyl (C=O) groups is 1. The van der Waals surface area contributed by atoms with Gasteiger partial charge < -0.3 is 10.1 Å². The number of nitrogens with zero attached hydrogens (tertiary/aromatic N) is 1. The maximum absolute atomic E-state index is 11.4. The van der Waals surface area contributed by atoms with Crippen molar-refractivity contribution in [3.63, 3.8) is 0 Å². The van der Waals surface area contributed by atoms with Crippen LogP contribution in [-0.2, 0) is 4.79 Å². The van der Waals surface area contributed by atoms with Gasteiger partial charge in [-0.15, -0.1) is 0 Å². The summed E-state index contributed by atoms with van der Waals surface area (Å²) in [5, 5.41) is 13.3. The predicted molar refractivity (Wildman–Crippen MR) is 61.9 cm³/mol. The summed E-state index contributed by atoms with van der Waals surface area (Å²) in [6.07, 6.45) is -0.768. The lowest BCUT2D eigenvalue weighted by atomic mass is 10.3. The van der Waals surface area contributed by atoms with Gasteiger partial charge in [0.15, 0.2) is 11.9 Å². The molecule has 1 rings (SSSR count). The number of para-hydroxylation sites is 2. The monoisotopic (exact) mass is 238 g/mol. The first-order chi connectivity index (χ1) is 8.06. The minimum absolute atomic E-state index is 0.0938. The van der Waals surface area contributed by atoms with Gasteiger partial charge in [-0.05, 0) is 19.9 Å². The second-order valence-electron chi connectivity index (χ2n) is 3.38. The molecule has 1 amide bonds. The lowest BCUT2D eigenvalue weighted by molar-refractivity contribution is -0.386. The average molecular weight is 238 g/mol. The van der Waals surface area contributed by atoms with Crippen LogP contribution in [0.25, 0.3) is 0 Å². The van der Waals surface area contributed by atoms with Crippen molar-refractivity contribution in [2.45, 2.75) is 20.0 Å². The Morgan fingerprint density at radius 2 is 2.18 bits per heavy atom. The van der Waals surface area contributed by atoms with Gasteiger partial charge in [0.05, 0.1) is 4.92 Å². The molecular weight excluding hydrogens is 224 g/mol. The summed E-state index contributed by atoms with van der Waals surface area (Å²) >= 11 is 0. The highest BCUT2D eigenvalue weighted by atomic mass is 16.6. The molecule has 0 fully saturated rings. The molecule has 0 aliphatic rings. The number of nitrogens with one attached hydrogen (secondary N) is 1. The number of likely N-dealkylation sites (N-methyl/N-ethyl adjacent to an activating group) is 1. The summed E-state index contributed by atoms with van der Waals surface area (Å²) in [6, 6.07) is 5.96.